The zero-order valence-corrected chi connectivity index (χ0v) is 17.5. The van der Waals surface area contributed by atoms with E-state index in [1.54, 1.807) is 13.8 Å². The van der Waals surface area contributed by atoms with Crippen LogP contribution >= 0.6 is 0 Å². The summed E-state index contributed by atoms with van der Waals surface area (Å²) in [5.41, 5.74) is 0.938. The highest BCUT2D eigenvalue weighted by Crippen LogP contribution is 2.27. The summed E-state index contributed by atoms with van der Waals surface area (Å²) in [7, 11) is 2.62. The molecule has 1 saturated heterocycles. The molecule has 0 bridgehead atoms. The predicted molar refractivity (Wildman–Crippen MR) is 105 cm³/mol. The highest BCUT2D eigenvalue weighted by atomic mass is 16.7. The van der Waals surface area contributed by atoms with Crippen molar-refractivity contribution in [3.8, 4) is 0 Å². The summed E-state index contributed by atoms with van der Waals surface area (Å²) >= 11 is 0. The average molecular weight is 407 g/mol. The van der Waals surface area contributed by atoms with Gasteiger partial charge in [0, 0.05) is 6.92 Å². The molecule has 1 aromatic rings. The Morgan fingerprint density at radius 3 is 2.45 bits per heavy atom. The molecule has 1 N–H and O–H groups in total. The van der Waals surface area contributed by atoms with Crippen LogP contribution in [0.1, 0.15) is 26.3 Å². The first-order valence-electron chi connectivity index (χ1n) is 9.34. The van der Waals surface area contributed by atoms with Crippen molar-refractivity contribution in [2.75, 3.05) is 20.8 Å². The van der Waals surface area contributed by atoms with Crippen LogP contribution in [0.25, 0.3) is 0 Å². The van der Waals surface area contributed by atoms with Gasteiger partial charge in [-0.1, -0.05) is 30.3 Å². The molecule has 8 heteroatoms. The number of carbonyl (C=O) groups excluding carboxylic acids is 2. The quantitative estimate of drug-likeness (QED) is 0.380. The van der Waals surface area contributed by atoms with Gasteiger partial charge in [-0.15, -0.1) is 0 Å². The van der Waals surface area contributed by atoms with Gasteiger partial charge >= 0.3 is 5.97 Å². The maximum absolute atomic E-state index is 12.0. The van der Waals surface area contributed by atoms with Crippen molar-refractivity contribution in [1.82, 2.24) is 5.32 Å². The minimum absolute atomic E-state index is 0.0286. The molecule has 160 valence electrons. The Hall–Kier alpha value is -2.42. The molecule has 8 nitrogen and oxygen atoms in total. The van der Waals surface area contributed by atoms with Gasteiger partial charge < -0.3 is 29.0 Å². The second-order valence-electron chi connectivity index (χ2n) is 7.08. The van der Waals surface area contributed by atoms with Gasteiger partial charge in [0.25, 0.3) is 0 Å². The largest absolute Gasteiger partial charge is 0.490 e. The van der Waals surface area contributed by atoms with Gasteiger partial charge in [-0.3, -0.25) is 4.79 Å². The van der Waals surface area contributed by atoms with E-state index in [9.17, 15) is 9.59 Å². The molecule has 1 fully saturated rings. The van der Waals surface area contributed by atoms with Crippen molar-refractivity contribution in [3.05, 3.63) is 47.7 Å². The Labute approximate surface area is 171 Å². The van der Waals surface area contributed by atoms with Crippen LogP contribution in [-0.4, -0.2) is 56.7 Å². The zero-order valence-electron chi connectivity index (χ0n) is 17.5. The molecule has 0 aromatic heterocycles. The monoisotopic (exact) mass is 407 g/mol. The summed E-state index contributed by atoms with van der Waals surface area (Å²) in [6, 6.07) is 8.94. The Morgan fingerprint density at radius 1 is 1.24 bits per heavy atom. The molecule has 1 aliphatic heterocycles. The number of carbonyl (C=O) groups is 2. The molecule has 2 rings (SSSR count). The SMILES string of the molecule is COC(=O)/C(=C/[C@H](OCc1ccccc1)[C@@H](NC(C)=O)[C@@H]1COC(C)(C)O1)OC. The van der Waals surface area contributed by atoms with Crippen LogP contribution < -0.4 is 5.32 Å². The highest BCUT2D eigenvalue weighted by molar-refractivity contribution is 5.86. The van der Waals surface area contributed by atoms with Gasteiger partial charge in [-0.05, 0) is 25.5 Å². The van der Waals surface area contributed by atoms with E-state index in [0.29, 0.717) is 0 Å². The molecule has 0 radical (unpaired) electrons. The molecule has 1 heterocycles. The first-order chi connectivity index (χ1) is 13.8. The third-order valence-electron chi connectivity index (χ3n) is 4.36. The van der Waals surface area contributed by atoms with Crippen molar-refractivity contribution in [1.29, 1.82) is 0 Å². The van der Waals surface area contributed by atoms with Gasteiger partial charge in [-0.25, -0.2) is 4.79 Å². The smallest absolute Gasteiger partial charge is 0.373 e. The number of rotatable bonds is 9. The molecule has 0 unspecified atom stereocenters. The fourth-order valence-corrected chi connectivity index (χ4v) is 3.01. The fraction of sp³-hybridized carbons (Fsp3) is 0.524. The summed E-state index contributed by atoms with van der Waals surface area (Å²) in [6.45, 7) is 5.51. The first kappa shape index (κ1) is 22.9. The van der Waals surface area contributed by atoms with Crippen molar-refractivity contribution in [2.45, 2.75) is 51.4 Å². The van der Waals surface area contributed by atoms with Crippen LogP contribution in [-0.2, 0) is 39.9 Å². The van der Waals surface area contributed by atoms with E-state index >= 15 is 0 Å². The molecule has 0 saturated carbocycles. The van der Waals surface area contributed by atoms with Crippen molar-refractivity contribution in [2.24, 2.45) is 0 Å². The summed E-state index contributed by atoms with van der Waals surface area (Å²) in [4.78, 5) is 23.9. The highest BCUT2D eigenvalue weighted by Gasteiger charge is 2.41. The van der Waals surface area contributed by atoms with Crippen molar-refractivity contribution >= 4 is 11.9 Å². The molecule has 0 spiro atoms. The number of benzene rings is 1. The van der Waals surface area contributed by atoms with E-state index in [2.05, 4.69) is 5.32 Å². The maximum Gasteiger partial charge on any atom is 0.373 e. The van der Waals surface area contributed by atoms with Gasteiger partial charge in [0.05, 0.1) is 33.5 Å². The number of amides is 1. The minimum Gasteiger partial charge on any atom is -0.490 e. The van der Waals surface area contributed by atoms with E-state index in [0.717, 1.165) is 5.56 Å². The lowest BCUT2D eigenvalue weighted by atomic mass is 10.0. The summed E-state index contributed by atoms with van der Waals surface area (Å²) < 4.78 is 27.6. The second-order valence-corrected chi connectivity index (χ2v) is 7.08. The lowest BCUT2D eigenvalue weighted by Crippen LogP contribution is -2.52. The number of methoxy groups -OCH3 is 2. The molecular formula is C21H29NO7. The normalized spacial score (nSPS) is 20.6. The summed E-state index contributed by atoms with van der Waals surface area (Å²) in [6.07, 6.45) is 0.265. The average Bonchev–Trinajstić information content (AvgIpc) is 3.06. The van der Waals surface area contributed by atoms with Gasteiger partial charge in [0.2, 0.25) is 11.7 Å². The van der Waals surface area contributed by atoms with Crippen LogP contribution in [0.3, 0.4) is 0 Å². The Morgan fingerprint density at radius 2 is 1.93 bits per heavy atom. The first-order valence-corrected chi connectivity index (χ1v) is 9.34. The molecule has 1 amide bonds. The van der Waals surface area contributed by atoms with Gasteiger partial charge in [0.15, 0.2) is 5.79 Å². The minimum atomic E-state index is -0.790. The number of hydrogen-bond donors (Lipinski definition) is 1. The Kier molecular flexibility index (Phi) is 8.19. The lowest BCUT2D eigenvalue weighted by Gasteiger charge is -2.30. The van der Waals surface area contributed by atoms with Crippen LogP contribution in [0.2, 0.25) is 0 Å². The molecule has 0 aliphatic carbocycles. The molecule has 1 aliphatic rings. The molecule has 1 aromatic carbocycles. The Bertz CT molecular complexity index is 717. The van der Waals surface area contributed by atoms with Crippen molar-refractivity contribution < 1.29 is 33.3 Å². The number of esters is 1. The Balaban J connectivity index is 2.33. The van der Waals surface area contributed by atoms with E-state index in [-0.39, 0.29) is 24.9 Å². The lowest BCUT2D eigenvalue weighted by molar-refractivity contribution is -0.149. The third kappa shape index (κ3) is 6.85. The van der Waals surface area contributed by atoms with Crippen LogP contribution in [0.15, 0.2) is 42.2 Å². The van der Waals surface area contributed by atoms with Crippen LogP contribution in [0.5, 0.6) is 0 Å². The van der Waals surface area contributed by atoms with E-state index in [1.807, 2.05) is 30.3 Å². The van der Waals surface area contributed by atoms with Gasteiger partial charge in [0.1, 0.15) is 12.2 Å². The maximum atomic E-state index is 12.0. The topological polar surface area (TPSA) is 92.3 Å². The van der Waals surface area contributed by atoms with E-state index < -0.39 is 30.0 Å². The van der Waals surface area contributed by atoms with Gasteiger partial charge in [-0.2, -0.15) is 0 Å². The van der Waals surface area contributed by atoms with E-state index in [4.69, 9.17) is 23.7 Å². The van der Waals surface area contributed by atoms with Crippen LogP contribution in [0.4, 0.5) is 0 Å². The summed E-state index contributed by atoms with van der Waals surface area (Å²) in [5.74, 6) is -1.73. The summed E-state index contributed by atoms with van der Waals surface area (Å²) in [5, 5.41) is 2.86. The van der Waals surface area contributed by atoms with Crippen LogP contribution in [0, 0.1) is 0 Å². The van der Waals surface area contributed by atoms with E-state index in [1.165, 1.54) is 27.2 Å². The molecular weight excluding hydrogens is 378 g/mol. The third-order valence-corrected chi connectivity index (χ3v) is 4.36. The molecule has 29 heavy (non-hydrogen) atoms. The number of ether oxygens (including phenoxy) is 5. The predicted octanol–water partition coefficient (Wildman–Crippen LogP) is 1.93. The fourth-order valence-electron chi connectivity index (χ4n) is 3.01. The second kappa shape index (κ2) is 10.4. The number of nitrogens with one attached hydrogen (secondary N) is 1. The molecule has 3 atom stereocenters. The zero-order chi connectivity index (χ0) is 21.4. The standard InChI is InChI=1S/C21H29NO7/c1-14(23)22-19(18-13-28-21(2,3)29-18)16(11-17(25-4)20(24)26-5)27-12-15-9-7-6-8-10-15/h6-11,16,18-19H,12-13H2,1-5H3,(H,22,23)/b17-11-/t16-,18-,19+/m0/s1. The number of hydrogen-bond acceptors (Lipinski definition) is 7. The van der Waals surface area contributed by atoms with Crippen molar-refractivity contribution in [3.63, 3.8) is 0 Å².